The molecule has 224 valence electrons. The fraction of sp³-hybridized carbons (Fsp3) is 0.147. The lowest BCUT2D eigenvalue weighted by Gasteiger charge is -2.16. The lowest BCUT2D eigenvalue weighted by Crippen LogP contribution is -2.28. The average molecular weight is 720 g/mol. The van der Waals surface area contributed by atoms with Crippen molar-refractivity contribution < 1.29 is 23.8 Å². The standard InChI is InChI=1S/C34H30IN3O5S/c1-22-9-13-26(14-10-22)36-31(39)21-43-32-28(35)17-24(18-29(32)42-3)19-30-33(40)38(20-23-11-15-27(41-2)16-12-23)34(44-30)37-25-7-5-4-6-8-25/h4-19H,20-21H2,1-3H3,(H,36,39)/b30-19-,37-34?. The van der Waals surface area contributed by atoms with Crippen molar-refractivity contribution in [1.82, 2.24) is 4.90 Å². The van der Waals surface area contributed by atoms with Gasteiger partial charge in [-0.05, 0) is 107 Å². The Morgan fingerprint density at radius 3 is 2.39 bits per heavy atom. The van der Waals surface area contributed by atoms with Crippen LogP contribution < -0.4 is 19.5 Å². The Labute approximate surface area is 274 Å². The molecule has 5 rings (SSSR count). The van der Waals surface area contributed by atoms with E-state index in [-0.39, 0.29) is 18.4 Å². The van der Waals surface area contributed by atoms with Crippen molar-refractivity contribution in [3.63, 3.8) is 0 Å². The van der Waals surface area contributed by atoms with Gasteiger partial charge in [-0.3, -0.25) is 14.5 Å². The van der Waals surface area contributed by atoms with Crippen LogP contribution in [-0.2, 0) is 16.1 Å². The summed E-state index contributed by atoms with van der Waals surface area (Å²) in [6.07, 6.45) is 1.82. The third-order valence-corrected chi connectivity index (χ3v) is 8.41. The van der Waals surface area contributed by atoms with Crippen molar-refractivity contribution in [1.29, 1.82) is 0 Å². The minimum Gasteiger partial charge on any atom is -0.497 e. The van der Waals surface area contributed by atoms with Gasteiger partial charge in [0.05, 0.1) is 34.9 Å². The molecule has 0 aromatic heterocycles. The molecule has 4 aromatic carbocycles. The molecule has 1 saturated heterocycles. The number of anilines is 1. The van der Waals surface area contributed by atoms with Crippen LogP contribution in [-0.4, -0.2) is 42.7 Å². The van der Waals surface area contributed by atoms with E-state index < -0.39 is 0 Å². The lowest BCUT2D eigenvalue weighted by atomic mass is 10.1. The molecule has 0 radical (unpaired) electrons. The minimum absolute atomic E-state index is 0.150. The van der Waals surface area contributed by atoms with Crippen LogP contribution in [0.3, 0.4) is 0 Å². The highest BCUT2D eigenvalue weighted by atomic mass is 127. The topological polar surface area (TPSA) is 89.5 Å². The monoisotopic (exact) mass is 719 g/mol. The second-order valence-corrected chi connectivity index (χ2v) is 12.0. The predicted octanol–water partition coefficient (Wildman–Crippen LogP) is 7.44. The number of methoxy groups -OCH3 is 2. The third-order valence-electron chi connectivity index (χ3n) is 6.60. The SMILES string of the molecule is COc1ccc(CN2C(=O)/C(=C/c3cc(I)c(OCC(=O)Nc4ccc(C)cc4)c(OC)c3)SC2=Nc2ccccc2)cc1. The molecule has 2 amide bonds. The first-order valence-electron chi connectivity index (χ1n) is 13.7. The number of nitrogens with one attached hydrogen (secondary N) is 1. The Hall–Kier alpha value is -4.29. The van der Waals surface area contributed by atoms with E-state index in [2.05, 4.69) is 27.9 Å². The average Bonchev–Trinajstić information content (AvgIpc) is 3.30. The zero-order chi connectivity index (χ0) is 31.1. The smallest absolute Gasteiger partial charge is 0.267 e. The molecule has 1 heterocycles. The zero-order valence-electron chi connectivity index (χ0n) is 24.4. The first-order valence-corrected chi connectivity index (χ1v) is 15.6. The van der Waals surface area contributed by atoms with Gasteiger partial charge in [0.1, 0.15) is 5.75 Å². The number of aliphatic imine (C=N–C) groups is 1. The number of thioether (sulfide) groups is 1. The maximum Gasteiger partial charge on any atom is 0.267 e. The van der Waals surface area contributed by atoms with Gasteiger partial charge in [-0.25, -0.2) is 4.99 Å². The maximum absolute atomic E-state index is 13.7. The predicted molar refractivity (Wildman–Crippen MR) is 184 cm³/mol. The molecule has 8 nitrogen and oxygen atoms in total. The zero-order valence-corrected chi connectivity index (χ0v) is 27.3. The summed E-state index contributed by atoms with van der Waals surface area (Å²) >= 11 is 3.46. The van der Waals surface area contributed by atoms with Gasteiger partial charge in [-0.2, -0.15) is 0 Å². The summed E-state index contributed by atoms with van der Waals surface area (Å²) in [4.78, 5) is 33.2. The van der Waals surface area contributed by atoms with Gasteiger partial charge >= 0.3 is 0 Å². The number of ether oxygens (including phenoxy) is 3. The summed E-state index contributed by atoms with van der Waals surface area (Å²) < 4.78 is 17.5. The number of rotatable bonds is 10. The van der Waals surface area contributed by atoms with Gasteiger partial charge in [0.15, 0.2) is 23.3 Å². The molecule has 1 N–H and O–H groups in total. The number of carbonyl (C=O) groups excluding carboxylic acids is 2. The van der Waals surface area contributed by atoms with Crippen LogP contribution in [0.1, 0.15) is 16.7 Å². The molecule has 0 unspecified atom stereocenters. The van der Waals surface area contributed by atoms with Crippen molar-refractivity contribution >= 4 is 68.8 Å². The van der Waals surface area contributed by atoms with E-state index in [1.54, 1.807) is 18.1 Å². The van der Waals surface area contributed by atoms with E-state index in [9.17, 15) is 9.59 Å². The number of hydrogen-bond acceptors (Lipinski definition) is 7. The summed E-state index contributed by atoms with van der Waals surface area (Å²) in [5, 5.41) is 3.42. The minimum atomic E-state index is -0.284. The van der Waals surface area contributed by atoms with Gasteiger partial charge in [0, 0.05) is 5.69 Å². The van der Waals surface area contributed by atoms with E-state index in [1.165, 1.54) is 18.9 Å². The molecule has 1 aliphatic heterocycles. The number of halogens is 1. The van der Waals surface area contributed by atoms with Crippen LogP contribution in [0, 0.1) is 10.5 Å². The molecule has 0 spiro atoms. The van der Waals surface area contributed by atoms with E-state index in [0.717, 1.165) is 31.7 Å². The highest BCUT2D eigenvalue weighted by molar-refractivity contribution is 14.1. The van der Waals surface area contributed by atoms with Gasteiger partial charge in [-0.1, -0.05) is 48.0 Å². The van der Waals surface area contributed by atoms with E-state index >= 15 is 0 Å². The van der Waals surface area contributed by atoms with Crippen molar-refractivity contribution in [2.75, 3.05) is 26.1 Å². The first-order chi connectivity index (χ1) is 21.3. The number of amides is 2. The molecule has 4 aromatic rings. The third kappa shape index (κ3) is 7.80. The lowest BCUT2D eigenvalue weighted by molar-refractivity contribution is -0.122. The summed E-state index contributed by atoms with van der Waals surface area (Å²) in [6.45, 7) is 2.16. The van der Waals surface area contributed by atoms with Crippen LogP contribution in [0.25, 0.3) is 6.08 Å². The Bertz CT molecular complexity index is 1710. The van der Waals surface area contributed by atoms with Crippen LogP contribution in [0.4, 0.5) is 11.4 Å². The van der Waals surface area contributed by atoms with Gasteiger partial charge in [0.2, 0.25) is 0 Å². The molecule has 0 atom stereocenters. The fourth-order valence-corrected chi connectivity index (χ4v) is 6.12. The highest BCUT2D eigenvalue weighted by Gasteiger charge is 2.33. The first kappa shape index (κ1) is 31.1. The fourth-order valence-electron chi connectivity index (χ4n) is 4.34. The van der Waals surface area contributed by atoms with E-state index in [1.807, 2.05) is 97.9 Å². The largest absolute Gasteiger partial charge is 0.497 e. The number of amidine groups is 1. The molecule has 0 aliphatic carbocycles. The Balaban J connectivity index is 1.37. The van der Waals surface area contributed by atoms with Crippen molar-refractivity contribution in [2.45, 2.75) is 13.5 Å². The Morgan fingerprint density at radius 2 is 1.70 bits per heavy atom. The highest BCUT2D eigenvalue weighted by Crippen LogP contribution is 2.38. The normalized spacial score (nSPS) is 14.6. The second-order valence-electron chi connectivity index (χ2n) is 9.82. The quantitative estimate of drug-likeness (QED) is 0.136. The number of nitrogens with zero attached hydrogens (tertiary/aromatic N) is 2. The molecule has 1 fully saturated rings. The summed E-state index contributed by atoms with van der Waals surface area (Å²) in [5.41, 5.74) is 4.27. The van der Waals surface area contributed by atoms with E-state index in [0.29, 0.717) is 33.8 Å². The molecule has 10 heteroatoms. The maximum atomic E-state index is 13.7. The number of aryl methyl sites for hydroxylation is 1. The summed E-state index contributed by atoms with van der Waals surface area (Å²) in [6, 6.07) is 28.4. The van der Waals surface area contributed by atoms with Crippen molar-refractivity contribution in [3.05, 3.63) is 116 Å². The second kappa shape index (κ2) is 14.5. The van der Waals surface area contributed by atoms with Crippen molar-refractivity contribution in [3.8, 4) is 17.2 Å². The molecule has 0 saturated carbocycles. The summed E-state index contributed by atoms with van der Waals surface area (Å²) in [7, 11) is 3.16. The summed E-state index contributed by atoms with van der Waals surface area (Å²) in [5.74, 6) is 1.22. The Kier molecular flexibility index (Phi) is 10.2. The van der Waals surface area contributed by atoms with Gasteiger partial charge < -0.3 is 19.5 Å². The van der Waals surface area contributed by atoms with Crippen LogP contribution in [0.15, 0.2) is 101 Å². The molecule has 0 bridgehead atoms. The van der Waals surface area contributed by atoms with Crippen molar-refractivity contribution in [2.24, 2.45) is 4.99 Å². The number of carbonyl (C=O) groups is 2. The number of benzene rings is 4. The number of para-hydroxylation sites is 1. The van der Waals surface area contributed by atoms with Gasteiger partial charge in [0.25, 0.3) is 11.8 Å². The number of hydrogen-bond donors (Lipinski definition) is 1. The molecule has 1 aliphatic rings. The van der Waals surface area contributed by atoms with E-state index in [4.69, 9.17) is 19.2 Å². The molecular formula is C34H30IN3O5S. The van der Waals surface area contributed by atoms with Crippen LogP contribution in [0.5, 0.6) is 17.2 Å². The van der Waals surface area contributed by atoms with Crippen LogP contribution in [0.2, 0.25) is 0 Å². The molecule has 44 heavy (non-hydrogen) atoms. The van der Waals surface area contributed by atoms with Gasteiger partial charge in [-0.15, -0.1) is 0 Å². The molecular weight excluding hydrogens is 689 g/mol. The Morgan fingerprint density at radius 1 is 0.977 bits per heavy atom. The van der Waals surface area contributed by atoms with Crippen LogP contribution >= 0.6 is 34.4 Å².